The number of carbonyl (C=O) groups excluding carboxylic acids is 1. The molecule has 2 nitrogen and oxygen atoms in total. The molecule has 0 aliphatic rings. The van der Waals surface area contributed by atoms with Crippen LogP contribution in [0.25, 0.3) is 5.57 Å². The molecule has 0 aliphatic heterocycles. The van der Waals surface area contributed by atoms with Crippen LogP contribution in [0.15, 0.2) is 66.7 Å². The van der Waals surface area contributed by atoms with Gasteiger partial charge in [-0.3, -0.25) is 4.79 Å². The summed E-state index contributed by atoms with van der Waals surface area (Å²) in [7, 11) is 0. The summed E-state index contributed by atoms with van der Waals surface area (Å²) in [6.07, 6.45) is 8.54. The minimum Gasteiger partial charge on any atom is -0.392 e. The Labute approximate surface area is 145 Å². The molecular weight excluding hydrogens is 296 g/mol. The van der Waals surface area contributed by atoms with Crippen LogP contribution in [-0.2, 0) is 11.4 Å². The highest BCUT2D eigenvalue weighted by Gasteiger charge is 2.00. The third-order valence-electron chi connectivity index (χ3n) is 3.74. The zero-order valence-corrected chi connectivity index (χ0v) is 14.5. The summed E-state index contributed by atoms with van der Waals surface area (Å²) in [5.41, 5.74) is 3.30. The predicted octanol–water partition coefficient (Wildman–Crippen LogP) is 5.42. The first-order chi connectivity index (χ1) is 11.8. The summed E-state index contributed by atoms with van der Waals surface area (Å²) in [6, 6.07) is 19.7. The number of aliphatic hydroxyl groups excluding tert-OH is 1. The maximum atomic E-state index is 10.6. The molecule has 0 radical (unpaired) electrons. The van der Waals surface area contributed by atoms with Crippen molar-refractivity contribution in [3.05, 3.63) is 77.9 Å². The third kappa shape index (κ3) is 8.44. The number of hydrogen-bond donors (Lipinski definition) is 1. The molecule has 2 aromatic carbocycles. The van der Waals surface area contributed by atoms with Crippen LogP contribution in [0.5, 0.6) is 0 Å². The number of allylic oxidation sites excluding steroid dienone is 2. The zero-order chi connectivity index (χ0) is 17.5. The van der Waals surface area contributed by atoms with Gasteiger partial charge < -0.3 is 5.11 Å². The average Bonchev–Trinajstić information content (AvgIpc) is 2.66. The summed E-state index contributed by atoms with van der Waals surface area (Å²) in [6.45, 7) is 2.35. The van der Waals surface area contributed by atoms with E-state index < -0.39 is 0 Å². The number of carbonyl (C=O) groups is 1. The standard InChI is InChI=1S/C15H20O.C7H8O/c1-2-3-4-6-11-15(12-13-16)14-9-7-5-8-10-14;8-6-7-4-2-1-3-5-7/h5,7-10,12-13H,2-4,6,11H2,1H3;1-5,8H,6H2. The highest BCUT2D eigenvalue weighted by molar-refractivity contribution is 5.81. The molecule has 0 atom stereocenters. The van der Waals surface area contributed by atoms with Crippen LogP contribution in [0.2, 0.25) is 0 Å². The molecule has 0 aliphatic carbocycles. The van der Waals surface area contributed by atoms with Crippen molar-refractivity contribution < 1.29 is 9.90 Å². The van der Waals surface area contributed by atoms with Gasteiger partial charge in [-0.05, 0) is 35.6 Å². The number of unbranched alkanes of at least 4 members (excludes halogenated alkanes) is 3. The Bertz CT molecular complexity index is 573. The Kier molecular flexibility index (Phi) is 11.0. The average molecular weight is 324 g/mol. The van der Waals surface area contributed by atoms with Gasteiger partial charge in [-0.2, -0.15) is 0 Å². The number of benzene rings is 2. The normalized spacial score (nSPS) is 10.7. The first-order valence-corrected chi connectivity index (χ1v) is 8.66. The molecule has 0 heterocycles. The molecule has 0 fully saturated rings. The lowest BCUT2D eigenvalue weighted by molar-refractivity contribution is -0.104. The number of aldehydes is 1. The van der Waals surface area contributed by atoms with E-state index in [-0.39, 0.29) is 6.61 Å². The summed E-state index contributed by atoms with van der Waals surface area (Å²) in [4.78, 5) is 10.6. The van der Waals surface area contributed by atoms with Crippen LogP contribution in [0.1, 0.15) is 50.2 Å². The number of hydrogen-bond acceptors (Lipinski definition) is 2. The summed E-state index contributed by atoms with van der Waals surface area (Å²) < 4.78 is 0. The lowest BCUT2D eigenvalue weighted by Crippen LogP contribution is -1.86. The highest BCUT2D eigenvalue weighted by atomic mass is 16.3. The molecule has 24 heavy (non-hydrogen) atoms. The summed E-state index contributed by atoms with van der Waals surface area (Å²) in [5, 5.41) is 8.54. The van der Waals surface area contributed by atoms with Gasteiger partial charge in [0, 0.05) is 0 Å². The fourth-order valence-corrected chi connectivity index (χ4v) is 2.38. The van der Waals surface area contributed by atoms with Gasteiger partial charge >= 0.3 is 0 Å². The van der Waals surface area contributed by atoms with E-state index in [1.165, 1.54) is 31.2 Å². The van der Waals surface area contributed by atoms with E-state index in [9.17, 15) is 4.79 Å². The van der Waals surface area contributed by atoms with Gasteiger partial charge in [0.15, 0.2) is 0 Å². The molecule has 2 aromatic rings. The molecule has 2 heteroatoms. The van der Waals surface area contributed by atoms with Crippen molar-refractivity contribution in [3.8, 4) is 0 Å². The van der Waals surface area contributed by atoms with Gasteiger partial charge in [-0.15, -0.1) is 0 Å². The first kappa shape index (κ1) is 19.9. The molecule has 1 N–H and O–H groups in total. The van der Waals surface area contributed by atoms with Crippen molar-refractivity contribution in [3.63, 3.8) is 0 Å². The van der Waals surface area contributed by atoms with E-state index in [1.807, 2.05) is 48.5 Å². The van der Waals surface area contributed by atoms with E-state index in [1.54, 1.807) is 6.08 Å². The largest absolute Gasteiger partial charge is 0.392 e. The first-order valence-electron chi connectivity index (χ1n) is 8.66. The van der Waals surface area contributed by atoms with Crippen molar-refractivity contribution in [2.24, 2.45) is 0 Å². The Hall–Kier alpha value is -2.19. The van der Waals surface area contributed by atoms with Crippen molar-refractivity contribution in [1.29, 1.82) is 0 Å². The Morgan fingerprint density at radius 2 is 1.54 bits per heavy atom. The Morgan fingerprint density at radius 1 is 0.917 bits per heavy atom. The van der Waals surface area contributed by atoms with E-state index in [2.05, 4.69) is 19.1 Å². The van der Waals surface area contributed by atoms with Crippen LogP contribution in [0.3, 0.4) is 0 Å². The Balaban J connectivity index is 0.000000300. The van der Waals surface area contributed by atoms with Gasteiger partial charge in [0.2, 0.25) is 0 Å². The molecule has 2 rings (SSSR count). The fourth-order valence-electron chi connectivity index (χ4n) is 2.38. The zero-order valence-electron chi connectivity index (χ0n) is 14.5. The third-order valence-corrected chi connectivity index (χ3v) is 3.74. The smallest absolute Gasteiger partial charge is 0.143 e. The quantitative estimate of drug-likeness (QED) is 0.400. The van der Waals surface area contributed by atoms with E-state index in [4.69, 9.17) is 5.11 Å². The minimum absolute atomic E-state index is 0.140. The maximum Gasteiger partial charge on any atom is 0.143 e. The number of aliphatic hydroxyl groups is 1. The fraction of sp³-hybridized carbons (Fsp3) is 0.318. The topological polar surface area (TPSA) is 37.3 Å². The van der Waals surface area contributed by atoms with Gasteiger partial charge in [0.25, 0.3) is 0 Å². The van der Waals surface area contributed by atoms with Crippen LogP contribution >= 0.6 is 0 Å². The molecule has 0 saturated carbocycles. The second kappa shape index (κ2) is 13.3. The van der Waals surface area contributed by atoms with Crippen molar-refractivity contribution in [2.45, 2.75) is 45.6 Å². The van der Waals surface area contributed by atoms with Crippen LogP contribution < -0.4 is 0 Å². The van der Waals surface area contributed by atoms with Crippen molar-refractivity contribution in [1.82, 2.24) is 0 Å². The SMILES string of the molecule is CCCCCCC(=CC=O)c1ccccc1.OCc1ccccc1. The molecule has 0 unspecified atom stereocenters. The van der Waals surface area contributed by atoms with E-state index >= 15 is 0 Å². The molecule has 0 spiro atoms. The van der Waals surface area contributed by atoms with Crippen molar-refractivity contribution >= 4 is 11.9 Å². The summed E-state index contributed by atoms with van der Waals surface area (Å²) in [5.74, 6) is 0. The second-order valence-corrected chi connectivity index (χ2v) is 5.65. The monoisotopic (exact) mass is 324 g/mol. The van der Waals surface area contributed by atoms with Crippen LogP contribution in [0.4, 0.5) is 0 Å². The van der Waals surface area contributed by atoms with Gasteiger partial charge in [-0.25, -0.2) is 0 Å². The van der Waals surface area contributed by atoms with Crippen LogP contribution in [0, 0.1) is 0 Å². The van der Waals surface area contributed by atoms with E-state index in [0.717, 1.165) is 23.8 Å². The molecule has 0 amide bonds. The number of rotatable bonds is 8. The van der Waals surface area contributed by atoms with Gasteiger partial charge in [0.05, 0.1) is 6.61 Å². The lowest BCUT2D eigenvalue weighted by atomic mass is 9.99. The Morgan fingerprint density at radius 3 is 2.04 bits per heavy atom. The minimum atomic E-state index is 0.140. The predicted molar refractivity (Wildman–Crippen MR) is 102 cm³/mol. The molecular formula is C22H28O2. The molecule has 0 saturated heterocycles. The highest BCUT2D eigenvalue weighted by Crippen LogP contribution is 2.20. The van der Waals surface area contributed by atoms with E-state index in [0.29, 0.717) is 0 Å². The molecule has 0 bridgehead atoms. The molecule has 128 valence electrons. The van der Waals surface area contributed by atoms with Gasteiger partial charge in [-0.1, -0.05) is 86.8 Å². The maximum absolute atomic E-state index is 10.6. The van der Waals surface area contributed by atoms with Crippen molar-refractivity contribution in [2.75, 3.05) is 0 Å². The second-order valence-electron chi connectivity index (χ2n) is 5.65. The lowest BCUT2D eigenvalue weighted by Gasteiger charge is -2.06. The summed E-state index contributed by atoms with van der Waals surface area (Å²) >= 11 is 0. The van der Waals surface area contributed by atoms with Gasteiger partial charge in [0.1, 0.15) is 6.29 Å². The molecule has 0 aromatic heterocycles. The van der Waals surface area contributed by atoms with Crippen LogP contribution in [-0.4, -0.2) is 11.4 Å².